The molecule has 4 heteroatoms. The van der Waals surface area contributed by atoms with E-state index in [4.69, 9.17) is 4.74 Å². The predicted octanol–water partition coefficient (Wildman–Crippen LogP) is 6.97. The summed E-state index contributed by atoms with van der Waals surface area (Å²) in [7, 11) is 0. The standard InChI is InChI=1S/C30H31FO3/c1-18-5-10-27(31)23(13-18)22-8-6-19(14-25(22)29(2,3)4)17-34-21-7-9-24-20(15-21)11-12-30(24)16-26(30)28(32)33/h5-10,13-15,26H,11-12,16-17H2,1-4H3,(H,32,33)/t26-,30-/m0/s1. The van der Waals surface area contributed by atoms with Crippen LogP contribution in [0.4, 0.5) is 4.39 Å². The van der Waals surface area contributed by atoms with Gasteiger partial charge in [-0.05, 0) is 83.7 Å². The number of hydrogen-bond acceptors (Lipinski definition) is 2. The van der Waals surface area contributed by atoms with Crippen LogP contribution >= 0.6 is 0 Å². The minimum absolute atomic E-state index is 0.151. The van der Waals surface area contributed by atoms with E-state index in [9.17, 15) is 14.3 Å². The zero-order valence-corrected chi connectivity index (χ0v) is 20.2. The van der Waals surface area contributed by atoms with Crippen LogP contribution in [-0.2, 0) is 28.7 Å². The fraction of sp³-hybridized carbons (Fsp3) is 0.367. The Kier molecular flexibility index (Phi) is 5.31. The van der Waals surface area contributed by atoms with Crippen molar-refractivity contribution in [2.45, 2.75) is 64.4 Å². The number of carbonyl (C=O) groups is 1. The molecule has 3 aromatic carbocycles. The van der Waals surface area contributed by atoms with E-state index >= 15 is 0 Å². The smallest absolute Gasteiger partial charge is 0.307 e. The minimum atomic E-state index is -0.683. The summed E-state index contributed by atoms with van der Waals surface area (Å²) in [5.74, 6) is -0.337. The van der Waals surface area contributed by atoms with Crippen LogP contribution in [0.1, 0.15) is 61.4 Å². The van der Waals surface area contributed by atoms with E-state index in [1.807, 2.05) is 31.2 Å². The summed E-state index contributed by atoms with van der Waals surface area (Å²) in [6.45, 7) is 8.82. The van der Waals surface area contributed by atoms with Crippen molar-refractivity contribution in [3.63, 3.8) is 0 Å². The molecule has 1 fully saturated rings. The Balaban J connectivity index is 1.38. The van der Waals surface area contributed by atoms with Gasteiger partial charge in [-0.25, -0.2) is 4.39 Å². The monoisotopic (exact) mass is 458 g/mol. The maximum atomic E-state index is 14.7. The van der Waals surface area contributed by atoms with E-state index in [2.05, 4.69) is 39.0 Å². The second kappa shape index (κ2) is 7.97. The molecular formula is C30H31FO3. The lowest BCUT2D eigenvalue weighted by Crippen LogP contribution is -2.14. The summed E-state index contributed by atoms with van der Waals surface area (Å²) in [6, 6.07) is 17.5. The molecule has 2 atom stereocenters. The van der Waals surface area contributed by atoms with Crippen LogP contribution in [0.2, 0.25) is 0 Å². The van der Waals surface area contributed by atoms with E-state index in [1.54, 1.807) is 6.07 Å². The number of carboxylic acids is 1. The maximum absolute atomic E-state index is 14.7. The average molecular weight is 459 g/mol. The van der Waals surface area contributed by atoms with E-state index in [-0.39, 0.29) is 22.6 Å². The summed E-state index contributed by atoms with van der Waals surface area (Å²) >= 11 is 0. The van der Waals surface area contributed by atoms with Crippen molar-refractivity contribution in [2.24, 2.45) is 5.92 Å². The van der Waals surface area contributed by atoms with Gasteiger partial charge in [-0.3, -0.25) is 4.79 Å². The first-order chi connectivity index (χ1) is 16.1. The van der Waals surface area contributed by atoms with Gasteiger partial charge in [0.2, 0.25) is 0 Å². The lowest BCUT2D eigenvalue weighted by molar-refractivity contribution is -0.139. The van der Waals surface area contributed by atoms with E-state index in [0.29, 0.717) is 12.2 Å². The van der Waals surface area contributed by atoms with Crippen LogP contribution in [0.3, 0.4) is 0 Å². The first-order valence-corrected chi connectivity index (χ1v) is 12.0. The molecular weight excluding hydrogens is 427 g/mol. The van der Waals surface area contributed by atoms with Crippen LogP contribution < -0.4 is 4.74 Å². The van der Waals surface area contributed by atoms with Gasteiger partial charge in [0.05, 0.1) is 5.92 Å². The molecule has 176 valence electrons. The second-order valence-corrected chi connectivity index (χ2v) is 11.0. The van der Waals surface area contributed by atoms with Crippen molar-refractivity contribution in [1.82, 2.24) is 0 Å². The summed E-state index contributed by atoms with van der Waals surface area (Å²) < 4.78 is 20.8. The molecule has 5 rings (SSSR count). The number of aliphatic carboxylic acids is 1. The fourth-order valence-corrected chi connectivity index (χ4v) is 5.60. The van der Waals surface area contributed by atoms with Crippen molar-refractivity contribution in [3.8, 4) is 16.9 Å². The molecule has 0 amide bonds. The summed E-state index contributed by atoms with van der Waals surface area (Å²) in [4.78, 5) is 11.5. The second-order valence-electron chi connectivity index (χ2n) is 11.0. The Morgan fingerprint density at radius 3 is 2.59 bits per heavy atom. The maximum Gasteiger partial charge on any atom is 0.307 e. The average Bonchev–Trinajstić information content (AvgIpc) is 3.42. The fourth-order valence-electron chi connectivity index (χ4n) is 5.60. The highest BCUT2D eigenvalue weighted by Gasteiger charge is 2.61. The largest absolute Gasteiger partial charge is 0.489 e. The SMILES string of the molecule is Cc1ccc(F)c(-c2ccc(COc3ccc4c(c3)CC[C@]43C[C@H]3C(=O)O)cc2C(C)(C)C)c1. The molecule has 2 aliphatic carbocycles. The molecule has 0 aromatic heterocycles. The van der Waals surface area contributed by atoms with E-state index in [0.717, 1.165) is 47.3 Å². The molecule has 3 nitrogen and oxygen atoms in total. The van der Waals surface area contributed by atoms with Gasteiger partial charge in [0.1, 0.15) is 18.2 Å². The van der Waals surface area contributed by atoms with Crippen molar-refractivity contribution in [3.05, 3.63) is 88.2 Å². The Bertz CT molecular complexity index is 1290. The predicted molar refractivity (Wildman–Crippen MR) is 132 cm³/mol. The highest BCUT2D eigenvalue weighted by atomic mass is 19.1. The topological polar surface area (TPSA) is 46.5 Å². The van der Waals surface area contributed by atoms with Gasteiger partial charge in [-0.2, -0.15) is 0 Å². The molecule has 1 saturated carbocycles. The molecule has 1 spiro atoms. The third-order valence-corrected chi connectivity index (χ3v) is 7.54. The molecule has 0 bridgehead atoms. The van der Waals surface area contributed by atoms with E-state index in [1.165, 1.54) is 17.2 Å². The van der Waals surface area contributed by atoms with Gasteiger partial charge in [0.15, 0.2) is 0 Å². The number of carboxylic acid groups (broad SMARTS) is 1. The van der Waals surface area contributed by atoms with Crippen LogP contribution in [0.5, 0.6) is 5.75 Å². The lowest BCUT2D eigenvalue weighted by atomic mass is 9.80. The quantitative estimate of drug-likeness (QED) is 0.449. The van der Waals surface area contributed by atoms with Gasteiger partial charge in [0, 0.05) is 11.0 Å². The van der Waals surface area contributed by atoms with Crippen molar-refractivity contribution >= 4 is 5.97 Å². The van der Waals surface area contributed by atoms with E-state index < -0.39 is 5.97 Å². The number of benzene rings is 3. The van der Waals surface area contributed by atoms with Crippen LogP contribution in [0.15, 0.2) is 54.6 Å². The van der Waals surface area contributed by atoms with Gasteiger partial charge >= 0.3 is 5.97 Å². The Hall–Kier alpha value is -3.14. The number of fused-ring (bicyclic) bond motifs is 2. The lowest BCUT2D eigenvalue weighted by Gasteiger charge is -2.24. The number of hydrogen-bond donors (Lipinski definition) is 1. The molecule has 3 aromatic rings. The number of rotatable bonds is 5. The summed E-state index contributed by atoms with van der Waals surface area (Å²) in [6.07, 6.45) is 2.56. The van der Waals surface area contributed by atoms with Crippen LogP contribution in [0.25, 0.3) is 11.1 Å². The molecule has 34 heavy (non-hydrogen) atoms. The summed E-state index contributed by atoms with van der Waals surface area (Å²) in [5, 5.41) is 9.42. The molecule has 0 saturated heterocycles. The first-order valence-electron chi connectivity index (χ1n) is 12.0. The minimum Gasteiger partial charge on any atom is -0.489 e. The number of ether oxygens (including phenoxy) is 1. The normalized spacial score (nSPS) is 20.9. The van der Waals surface area contributed by atoms with Crippen molar-refractivity contribution in [1.29, 1.82) is 0 Å². The first kappa shape index (κ1) is 22.6. The zero-order chi connectivity index (χ0) is 24.3. The van der Waals surface area contributed by atoms with Gasteiger partial charge in [-0.15, -0.1) is 0 Å². The van der Waals surface area contributed by atoms with Crippen LogP contribution in [0, 0.1) is 18.7 Å². The third kappa shape index (κ3) is 3.89. The summed E-state index contributed by atoms with van der Waals surface area (Å²) in [5.41, 5.74) is 6.78. The van der Waals surface area contributed by atoms with Crippen molar-refractivity contribution < 1.29 is 19.0 Å². The number of aryl methyl sites for hydroxylation is 2. The highest BCUT2D eigenvalue weighted by Crippen LogP contribution is 2.61. The zero-order valence-electron chi connectivity index (χ0n) is 20.2. The molecule has 0 heterocycles. The number of halogens is 1. The molecule has 1 N–H and O–H groups in total. The van der Waals surface area contributed by atoms with Gasteiger partial charge in [-0.1, -0.05) is 56.7 Å². The molecule has 0 unspecified atom stereocenters. The van der Waals surface area contributed by atoms with Gasteiger partial charge in [0.25, 0.3) is 0 Å². The molecule has 0 radical (unpaired) electrons. The Morgan fingerprint density at radius 2 is 1.88 bits per heavy atom. The Labute approximate surface area is 200 Å². The highest BCUT2D eigenvalue weighted by molar-refractivity contribution is 5.78. The third-order valence-electron chi connectivity index (χ3n) is 7.54. The van der Waals surface area contributed by atoms with Crippen molar-refractivity contribution in [2.75, 3.05) is 0 Å². The molecule has 2 aliphatic rings. The Morgan fingerprint density at radius 1 is 1.09 bits per heavy atom. The van der Waals surface area contributed by atoms with Gasteiger partial charge < -0.3 is 9.84 Å². The van der Waals surface area contributed by atoms with Crippen LogP contribution in [-0.4, -0.2) is 11.1 Å². The molecule has 0 aliphatic heterocycles.